The molecular weight excluding hydrogens is 315 g/mol. The summed E-state index contributed by atoms with van der Waals surface area (Å²) in [5.74, 6) is 0.604. The average Bonchev–Trinajstić information content (AvgIpc) is 2.90. The van der Waals surface area contributed by atoms with E-state index in [0.717, 1.165) is 43.9 Å². The van der Waals surface area contributed by atoms with Crippen molar-refractivity contribution in [1.29, 1.82) is 0 Å². The van der Waals surface area contributed by atoms with Crippen LogP contribution in [0.25, 0.3) is 0 Å². The topological polar surface area (TPSA) is 24.5 Å². The van der Waals surface area contributed by atoms with Crippen LogP contribution in [-0.2, 0) is 19.5 Å². The maximum Gasteiger partial charge on any atom is 0.124 e. The highest BCUT2D eigenvalue weighted by molar-refractivity contribution is 5.85. The zero-order chi connectivity index (χ0) is 14.9. The fourth-order valence-electron chi connectivity index (χ4n) is 3.34. The fraction of sp³-hybridized carbons (Fsp3) is 0.333. The molecule has 3 nitrogen and oxygen atoms in total. The van der Waals surface area contributed by atoms with Crippen LogP contribution in [0.1, 0.15) is 16.7 Å². The number of rotatable bonds is 2. The third kappa shape index (κ3) is 3.28. The Morgan fingerprint density at radius 2 is 2.09 bits per heavy atom. The highest BCUT2D eigenvalue weighted by Crippen LogP contribution is 2.29. The number of hydrogen-bond donors (Lipinski definition) is 1. The Morgan fingerprint density at radius 3 is 3.00 bits per heavy atom. The third-order valence-electron chi connectivity index (χ3n) is 4.41. The Morgan fingerprint density at radius 1 is 1.17 bits per heavy atom. The highest BCUT2D eigenvalue weighted by atomic mass is 35.5. The summed E-state index contributed by atoms with van der Waals surface area (Å²) in [7, 11) is 0. The van der Waals surface area contributed by atoms with Crippen LogP contribution in [0.4, 0.5) is 10.1 Å². The number of anilines is 1. The summed E-state index contributed by atoms with van der Waals surface area (Å²) in [4.78, 5) is 2.32. The van der Waals surface area contributed by atoms with Gasteiger partial charge < -0.3 is 10.1 Å². The molecule has 0 amide bonds. The van der Waals surface area contributed by atoms with Crippen molar-refractivity contribution in [3.05, 3.63) is 58.9 Å². The van der Waals surface area contributed by atoms with E-state index in [1.54, 1.807) is 12.1 Å². The molecule has 0 saturated carbocycles. The molecular formula is C18H20ClFN2O. The first-order valence-electron chi connectivity index (χ1n) is 7.78. The van der Waals surface area contributed by atoms with E-state index in [-0.39, 0.29) is 18.2 Å². The van der Waals surface area contributed by atoms with Crippen molar-refractivity contribution in [2.45, 2.75) is 19.5 Å². The van der Waals surface area contributed by atoms with Gasteiger partial charge in [0.15, 0.2) is 0 Å². The van der Waals surface area contributed by atoms with Crippen molar-refractivity contribution in [1.82, 2.24) is 4.90 Å². The minimum absolute atomic E-state index is 0. The lowest BCUT2D eigenvalue weighted by atomic mass is 10.1. The summed E-state index contributed by atoms with van der Waals surface area (Å²) in [6, 6.07) is 11.3. The summed E-state index contributed by atoms with van der Waals surface area (Å²) < 4.78 is 19.2. The molecule has 2 aliphatic rings. The second-order valence-electron chi connectivity index (χ2n) is 5.94. The van der Waals surface area contributed by atoms with Crippen LogP contribution in [0.2, 0.25) is 0 Å². The SMILES string of the molecule is Cl.Fc1ccc2c(c1)CN(Cc1cccc3c1NCC3)CCO2. The number of fused-ring (bicyclic) bond motifs is 2. The van der Waals surface area contributed by atoms with E-state index in [0.29, 0.717) is 6.61 Å². The molecule has 0 bridgehead atoms. The molecule has 23 heavy (non-hydrogen) atoms. The Kier molecular flexibility index (Phi) is 4.74. The van der Waals surface area contributed by atoms with E-state index < -0.39 is 0 Å². The predicted molar refractivity (Wildman–Crippen MR) is 91.9 cm³/mol. The summed E-state index contributed by atoms with van der Waals surface area (Å²) in [5, 5.41) is 3.48. The van der Waals surface area contributed by atoms with E-state index >= 15 is 0 Å². The second kappa shape index (κ2) is 6.77. The largest absolute Gasteiger partial charge is 0.492 e. The molecule has 2 aromatic carbocycles. The monoisotopic (exact) mass is 334 g/mol. The maximum absolute atomic E-state index is 13.5. The van der Waals surface area contributed by atoms with Gasteiger partial charge in [-0.1, -0.05) is 18.2 Å². The van der Waals surface area contributed by atoms with Crippen LogP contribution in [0.3, 0.4) is 0 Å². The van der Waals surface area contributed by atoms with Crippen molar-refractivity contribution >= 4 is 18.1 Å². The lowest BCUT2D eigenvalue weighted by Crippen LogP contribution is -2.25. The molecule has 0 unspecified atom stereocenters. The summed E-state index contributed by atoms with van der Waals surface area (Å²) in [5.41, 5.74) is 4.93. The molecule has 0 atom stereocenters. The van der Waals surface area contributed by atoms with Gasteiger partial charge in [0.25, 0.3) is 0 Å². The smallest absolute Gasteiger partial charge is 0.124 e. The molecule has 0 saturated heterocycles. The second-order valence-corrected chi connectivity index (χ2v) is 5.94. The van der Waals surface area contributed by atoms with Crippen molar-refractivity contribution in [3.8, 4) is 5.75 Å². The molecule has 5 heteroatoms. The Hall–Kier alpha value is -1.78. The van der Waals surface area contributed by atoms with E-state index in [1.807, 2.05) is 0 Å². The van der Waals surface area contributed by atoms with Gasteiger partial charge in [0.05, 0.1) is 0 Å². The van der Waals surface area contributed by atoms with E-state index in [1.165, 1.54) is 22.9 Å². The van der Waals surface area contributed by atoms with Gasteiger partial charge >= 0.3 is 0 Å². The van der Waals surface area contributed by atoms with Gasteiger partial charge in [0.2, 0.25) is 0 Å². The summed E-state index contributed by atoms with van der Waals surface area (Å²) in [6.45, 7) is 4.08. The van der Waals surface area contributed by atoms with Gasteiger partial charge in [-0.05, 0) is 35.7 Å². The van der Waals surface area contributed by atoms with Crippen LogP contribution in [0.15, 0.2) is 36.4 Å². The van der Waals surface area contributed by atoms with Crippen molar-refractivity contribution in [2.75, 3.05) is 25.0 Å². The first-order valence-corrected chi connectivity index (χ1v) is 7.78. The number of benzene rings is 2. The number of ether oxygens (including phenoxy) is 1. The molecule has 4 rings (SSSR count). The first-order chi connectivity index (χ1) is 10.8. The highest BCUT2D eigenvalue weighted by Gasteiger charge is 2.19. The number of nitrogens with zero attached hydrogens (tertiary/aromatic N) is 1. The molecule has 0 fully saturated rings. The van der Waals surface area contributed by atoms with E-state index in [2.05, 4.69) is 28.4 Å². The normalized spacial score (nSPS) is 16.4. The number of halogens is 2. The number of nitrogens with one attached hydrogen (secondary N) is 1. The van der Waals surface area contributed by atoms with Gasteiger partial charge in [0, 0.05) is 37.4 Å². The minimum Gasteiger partial charge on any atom is -0.492 e. The van der Waals surface area contributed by atoms with Crippen LogP contribution in [-0.4, -0.2) is 24.6 Å². The van der Waals surface area contributed by atoms with E-state index in [9.17, 15) is 4.39 Å². The van der Waals surface area contributed by atoms with Crippen molar-refractivity contribution in [3.63, 3.8) is 0 Å². The van der Waals surface area contributed by atoms with Gasteiger partial charge in [-0.15, -0.1) is 12.4 Å². The molecule has 0 aliphatic carbocycles. The number of para-hydroxylation sites is 1. The molecule has 0 radical (unpaired) electrons. The molecule has 1 N–H and O–H groups in total. The number of hydrogen-bond acceptors (Lipinski definition) is 3. The molecule has 2 aromatic rings. The quantitative estimate of drug-likeness (QED) is 0.908. The Bertz CT molecular complexity index is 707. The third-order valence-corrected chi connectivity index (χ3v) is 4.41. The summed E-state index contributed by atoms with van der Waals surface area (Å²) in [6.07, 6.45) is 1.10. The van der Waals surface area contributed by atoms with Crippen LogP contribution < -0.4 is 10.1 Å². The Labute approximate surface area is 141 Å². The zero-order valence-corrected chi connectivity index (χ0v) is 13.7. The molecule has 2 heterocycles. The van der Waals surface area contributed by atoms with Crippen LogP contribution >= 0.6 is 12.4 Å². The summed E-state index contributed by atoms with van der Waals surface area (Å²) >= 11 is 0. The van der Waals surface area contributed by atoms with Gasteiger partial charge in [-0.25, -0.2) is 4.39 Å². The molecule has 0 aromatic heterocycles. The lowest BCUT2D eigenvalue weighted by Gasteiger charge is -2.21. The van der Waals surface area contributed by atoms with Gasteiger partial charge in [0.1, 0.15) is 18.2 Å². The molecule has 2 aliphatic heterocycles. The fourth-order valence-corrected chi connectivity index (χ4v) is 3.34. The van der Waals surface area contributed by atoms with Gasteiger partial charge in [-0.2, -0.15) is 0 Å². The first kappa shape index (κ1) is 16.1. The zero-order valence-electron chi connectivity index (χ0n) is 12.8. The van der Waals surface area contributed by atoms with Crippen LogP contribution in [0.5, 0.6) is 5.75 Å². The van der Waals surface area contributed by atoms with E-state index in [4.69, 9.17) is 4.74 Å². The standard InChI is InChI=1S/C18H19FN2O.ClH/c19-16-4-5-17-15(10-16)12-21(8-9-22-17)11-14-3-1-2-13-6-7-20-18(13)14;/h1-5,10,20H,6-9,11-12H2;1H. The van der Waals surface area contributed by atoms with Crippen molar-refractivity contribution in [2.24, 2.45) is 0 Å². The van der Waals surface area contributed by atoms with Crippen molar-refractivity contribution < 1.29 is 9.13 Å². The predicted octanol–water partition coefficient (Wildman–Crippen LogP) is 3.61. The molecule has 122 valence electrons. The van der Waals surface area contributed by atoms with Crippen LogP contribution in [0, 0.1) is 5.82 Å². The average molecular weight is 335 g/mol. The maximum atomic E-state index is 13.5. The minimum atomic E-state index is -0.202. The van der Waals surface area contributed by atoms with Gasteiger partial charge in [-0.3, -0.25) is 4.90 Å². The Balaban J connectivity index is 0.00000156. The lowest BCUT2D eigenvalue weighted by molar-refractivity contribution is 0.220. The molecule has 0 spiro atoms.